The molecular weight excluding hydrogens is 388 g/mol. The molecule has 0 spiro atoms. The Labute approximate surface area is 196 Å². The van der Waals surface area contributed by atoms with Crippen LogP contribution in [-0.4, -0.2) is 6.61 Å². The minimum atomic E-state index is 0.715. The first-order valence-electron chi connectivity index (χ1n) is 13.2. The van der Waals surface area contributed by atoms with Gasteiger partial charge < -0.3 is 4.74 Å². The maximum atomic E-state index is 5.66. The molecule has 0 amide bonds. The van der Waals surface area contributed by atoms with Crippen LogP contribution in [-0.2, 0) is 11.3 Å². The molecule has 0 unspecified atom stereocenters. The van der Waals surface area contributed by atoms with Crippen molar-refractivity contribution in [3.63, 3.8) is 0 Å². The predicted molar refractivity (Wildman–Crippen MR) is 137 cm³/mol. The smallest absolute Gasteiger partial charge is 0.0716 e. The van der Waals surface area contributed by atoms with E-state index in [1.165, 1.54) is 68.1 Å². The fourth-order valence-electron chi connectivity index (χ4n) is 6.08. The molecule has 2 aliphatic carbocycles. The standard InChI is InChI=1S/C31H42O/c1-3-5-24-6-10-26(11-7-24)28-14-18-30(19-15-28)31-20-16-29(17-21-31)27-12-8-25(9-13-27)23-32-22-4-2/h3,5,8-9,12-13,16-17,20-21,24,26,28,30H,4,6-7,10-11,14-15,18-19,22-23H2,1-2H3/b5-3-/t24-,26-,28?,30?. The average Bonchev–Trinajstić information content (AvgIpc) is 2.86. The van der Waals surface area contributed by atoms with Gasteiger partial charge in [-0.2, -0.15) is 0 Å². The van der Waals surface area contributed by atoms with Gasteiger partial charge in [0, 0.05) is 6.61 Å². The van der Waals surface area contributed by atoms with Gasteiger partial charge in [0.05, 0.1) is 6.61 Å². The number of allylic oxidation sites excluding steroid dienone is 2. The highest BCUT2D eigenvalue weighted by Crippen LogP contribution is 2.44. The Balaban J connectivity index is 1.27. The van der Waals surface area contributed by atoms with Crippen molar-refractivity contribution in [2.75, 3.05) is 6.61 Å². The normalized spacial score (nSPS) is 26.4. The molecule has 0 aromatic heterocycles. The number of ether oxygens (including phenoxy) is 1. The first-order chi connectivity index (χ1) is 15.8. The molecule has 1 nitrogen and oxygen atoms in total. The molecule has 2 saturated carbocycles. The molecule has 1 heteroatoms. The number of rotatable bonds is 8. The molecule has 2 aromatic rings. The van der Waals surface area contributed by atoms with Gasteiger partial charge in [0.15, 0.2) is 0 Å². The van der Waals surface area contributed by atoms with Crippen LogP contribution in [0.3, 0.4) is 0 Å². The molecule has 2 aliphatic rings. The van der Waals surface area contributed by atoms with Crippen molar-refractivity contribution in [2.45, 2.75) is 84.2 Å². The van der Waals surface area contributed by atoms with E-state index in [-0.39, 0.29) is 0 Å². The van der Waals surface area contributed by atoms with Crippen LogP contribution in [0.15, 0.2) is 60.7 Å². The lowest BCUT2D eigenvalue weighted by molar-refractivity contribution is 0.121. The first-order valence-corrected chi connectivity index (χ1v) is 13.2. The van der Waals surface area contributed by atoms with Gasteiger partial charge in [-0.25, -0.2) is 0 Å². The highest BCUT2D eigenvalue weighted by molar-refractivity contribution is 5.64. The molecule has 0 radical (unpaired) electrons. The zero-order chi connectivity index (χ0) is 22.2. The van der Waals surface area contributed by atoms with E-state index in [9.17, 15) is 0 Å². The van der Waals surface area contributed by atoms with Crippen LogP contribution in [0.4, 0.5) is 0 Å². The van der Waals surface area contributed by atoms with Crippen LogP contribution in [0.1, 0.15) is 88.7 Å². The summed E-state index contributed by atoms with van der Waals surface area (Å²) in [7, 11) is 0. The van der Waals surface area contributed by atoms with E-state index in [1.807, 2.05) is 0 Å². The van der Waals surface area contributed by atoms with Gasteiger partial charge in [-0.3, -0.25) is 0 Å². The maximum absolute atomic E-state index is 5.66. The van der Waals surface area contributed by atoms with Crippen molar-refractivity contribution in [1.29, 1.82) is 0 Å². The molecule has 0 atom stereocenters. The molecule has 0 saturated heterocycles. The highest BCUT2D eigenvalue weighted by Gasteiger charge is 2.30. The van der Waals surface area contributed by atoms with Crippen LogP contribution in [0.25, 0.3) is 11.1 Å². The van der Waals surface area contributed by atoms with Gasteiger partial charge in [0.1, 0.15) is 0 Å². The Morgan fingerprint density at radius 2 is 1.31 bits per heavy atom. The van der Waals surface area contributed by atoms with Crippen LogP contribution >= 0.6 is 0 Å². The SMILES string of the molecule is C/C=C\[C@H]1CC[C@H](C2CCC(c3ccc(-c4ccc(COCCC)cc4)cc3)CC2)CC1. The average molecular weight is 431 g/mol. The van der Waals surface area contributed by atoms with Gasteiger partial charge in [-0.15, -0.1) is 0 Å². The molecule has 172 valence electrons. The summed E-state index contributed by atoms with van der Waals surface area (Å²) in [5, 5.41) is 0. The van der Waals surface area contributed by atoms with E-state index in [1.54, 1.807) is 5.56 Å². The third kappa shape index (κ3) is 6.13. The second-order valence-corrected chi connectivity index (χ2v) is 10.2. The molecule has 0 bridgehead atoms. The van der Waals surface area contributed by atoms with Crippen LogP contribution in [0, 0.1) is 17.8 Å². The van der Waals surface area contributed by atoms with Crippen molar-refractivity contribution >= 4 is 0 Å². The van der Waals surface area contributed by atoms with Gasteiger partial charge in [0.2, 0.25) is 0 Å². The van der Waals surface area contributed by atoms with Crippen molar-refractivity contribution in [2.24, 2.45) is 17.8 Å². The third-order valence-corrected chi connectivity index (χ3v) is 8.01. The Hall–Kier alpha value is -1.86. The summed E-state index contributed by atoms with van der Waals surface area (Å²) in [6, 6.07) is 18.3. The minimum Gasteiger partial charge on any atom is -0.377 e. The quantitative estimate of drug-likeness (QED) is 0.300. The van der Waals surface area contributed by atoms with Gasteiger partial charge in [0.25, 0.3) is 0 Å². The lowest BCUT2D eigenvalue weighted by atomic mass is 9.68. The lowest BCUT2D eigenvalue weighted by Gasteiger charge is -2.37. The second-order valence-electron chi connectivity index (χ2n) is 10.2. The number of hydrogen-bond donors (Lipinski definition) is 0. The van der Waals surface area contributed by atoms with Crippen LogP contribution in [0.2, 0.25) is 0 Å². The van der Waals surface area contributed by atoms with E-state index in [4.69, 9.17) is 4.74 Å². The predicted octanol–water partition coefficient (Wildman–Crippen LogP) is 8.94. The van der Waals surface area contributed by atoms with E-state index in [0.717, 1.165) is 36.7 Å². The maximum Gasteiger partial charge on any atom is 0.0716 e. The van der Waals surface area contributed by atoms with Gasteiger partial charge in [-0.05, 0) is 111 Å². The van der Waals surface area contributed by atoms with Crippen molar-refractivity contribution < 1.29 is 4.74 Å². The molecular formula is C31H42O. The summed E-state index contributed by atoms with van der Waals surface area (Å²) in [5.41, 5.74) is 5.42. The Morgan fingerprint density at radius 3 is 1.88 bits per heavy atom. The molecule has 0 aliphatic heterocycles. The number of benzene rings is 2. The zero-order valence-electron chi connectivity index (χ0n) is 20.3. The van der Waals surface area contributed by atoms with Crippen LogP contribution < -0.4 is 0 Å². The first kappa shape index (κ1) is 23.3. The summed E-state index contributed by atoms with van der Waals surface area (Å²) in [6.07, 6.45) is 17.2. The molecule has 32 heavy (non-hydrogen) atoms. The molecule has 0 N–H and O–H groups in total. The van der Waals surface area contributed by atoms with Crippen molar-refractivity contribution in [3.05, 3.63) is 71.8 Å². The van der Waals surface area contributed by atoms with Gasteiger partial charge >= 0.3 is 0 Å². The van der Waals surface area contributed by atoms with Gasteiger partial charge in [-0.1, -0.05) is 67.6 Å². The molecule has 4 rings (SSSR count). The van der Waals surface area contributed by atoms with E-state index in [2.05, 4.69) is 74.5 Å². The Morgan fingerprint density at radius 1 is 0.750 bits per heavy atom. The largest absolute Gasteiger partial charge is 0.377 e. The Kier molecular flexibility index (Phi) is 8.62. The molecule has 2 aromatic carbocycles. The fourth-order valence-corrected chi connectivity index (χ4v) is 6.08. The van der Waals surface area contributed by atoms with Crippen molar-refractivity contribution in [1.82, 2.24) is 0 Å². The van der Waals surface area contributed by atoms with Crippen molar-refractivity contribution in [3.8, 4) is 11.1 Å². The molecule has 0 heterocycles. The second kappa shape index (κ2) is 11.8. The van der Waals surface area contributed by atoms with Crippen LogP contribution in [0.5, 0.6) is 0 Å². The fraction of sp³-hybridized carbons (Fsp3) is 0.548. The van der Waals surface area contributed by atoms with E-state index >= 15 is 0 Å². The summed E-state index contributed by atoms with van der Waals surface area (Å²) in [4.78, 5) is 0. The topological polar surface area (TPSA) is 9.23 Å². The Bertz CT molecular complexity index is 816. The number of hydrogen-bond acceptors (Lipinski definition) is 1. The zero-order valence-corrected chi connectivity index (χ0v) is 20.3. The van der Waals surface area contributed by atoms with E-state index in [0.29, 0.717) is 6.61 Å². The summed E-state index contributed by atoms with van der Waals surface area (Å²) in [5.74, 6) is 3.60. The highest BCUT2D eigenvalue weighted by atomic mass is 16.5. The monoisotopic (exact) mass is 430 g/mol. The summed E-state index contributed by atoms with van der Waals surface area (Å²) in [6.45, 7) is 5.87. The third-order valence-electron chi connectivity index (χ3n) is 8.01. The lowest BCUT2D eigenvalue weighted by Crippen LogP contribution is -2.25. The summed E-state index contributed by atoms with van der Waals surface area (Å²) < 4.78 is 5.66. The van der Waals surface area contributed by atoms with E-state index < -0.39 is 0 Å². The summed E-state index contributed by atoms with van der Waals surface area (Å²) >= 11 is 0. The molecule has 2 fully saturated rings. The minimum absolute atomic E-state index is 0.715.